The van der Waals surface area contributed by atoms with Gasteiger partial charge in [-0.05, 0) is 149 Å². The Kier molecular flexibility index (Phi) is 13.7. The molecule has 4 heterocycles. The zero-order valence-corrected chi connectivity index (χ0v) is 40.2. The van der Waals surface area contributed by atoms with Crippen molar-refractivity contribution < 1.29 is 24.9 Å². The fourth-order valence-electron chi connectivity index (χ4n) is 7.41. The number of aliphatic hydroxyl groups is 3. The molecule has 0 atom stereocenters. The fraction of sp³-hybridized carbons (Fsp3) is 0.360. The zero-order valence-electron chi connectivity index (χ0n) is 38.6. The highest BCUT2D eigenvalue weighted by molar-refractivity contribution is 9.10. The Morgan fingerprint density at radius 3 is 1.61 bits per heavy atom. The lowest BCUT2D eigenvalue weighted by atomic mass is 10.0. The van der Waals surface area contributed by atoms with Gasteiger partial charge in [0.05, 0.1) is 46.4 Å². The highest BCUT2D eigenvalue weighted by Crippen LogP contribution is 2.31. The molecule has 0 spiro atoms. The number of aliphatic hydroxyl groups excluding tert-OH is 1. The topological polar surface area (TPSA) is 215 Å². The highest BCUT2D eigenvalue weighted by atomic mass is 79.9. The summed E-state index contributed by atoms with van der Waals surface area (Å²) in [5.41, 5.74) is 9.51. The van der Waals surface area contributed by atoms with Gasteiger partial charge in [0.15, 0.2) is 17.1 Å². The van der Waals surface area contributed by atoms with Crippen LogP contribution in [0, 0.1) is 13.8 Å². The number of hydrogen-bond donors (Lipinski definition) is 8. The van der Waals surface area contributed by atoms with Crippen molar-refractivity contribution in [1.82, 2.24) is 39.8 Å². The van der Waals surface area contributed by atoms with Gasteiger partial charge in [-0.1, -0.05) is 24.3 Å². The SMILES string of the molecule is Cc1cc(-c2cnc3c(NCC(C)(C)O)cc(Br)nn23)ccc1C(=O)NC1CC1.Cc1cc(-c2cnc3c(NCC(C)(C)O)cc(Nc4ccc(CCO)cc4)nn23)ccc1C(=O)NC1CC1. The largest absolute Gasteiger partial charge is 0.396 e. The Bertz CT molecular complexity index is 2930. The maximum absolute atomic E-state index is 12.6. The number of aromatic nitrogens is 6. The second-order valence-corrected chi connectivity index (χ2v) is 19.6. The quantitative estimate of drug-likeness (QED) is 0.0470. The van der Waals surface area contributed by atoms with Crippen LogP contribution in [0.5, 0.6) is 0 Å². The van der Waals surface area contributed by atoms with Crippen molar-refractivity contribution in [3.8, 4) is 22.5 Å². The molecule has 67 heavy (non-hydrogen) atoms. The number of imidazole rings is 2. The Hall–Kier alpha value is -6.40. The van der Waals surface area contributed by atoms with Gasteiger partial charge < -0.3 is 41.9 Å². The molecule has 0 bridgehead atoms. The van der Waals surface area contributed by atoms with Gasteiger partial charge in [-0.15, -0.1) is 5.10 Å². The average Bonchev–Trinajstić information content (AvgIpc) is 4.19. The van der Waals surface area contributed by atoms with Crippen LogP contribution in [0.1, 0.15) is 90.8 Å². The number of aryl methyl sites for hydroxylation is 2. The van der Waals surface area contributed by atoms with Gasteiger partial charge in [0.2, 0.25) is 0 Å². The molecule has 2 fully saturated rings. The zero-order chi connectivity index (χ0) is 47.6. The molecule has 0 unspecified atom stereocenters. The van der Waals surface area contributed by atoms with E-state index >= 15 is 0 Å². The van der Waals surface area contributed by atoms with E-state index < -0.39 is 11.2 Å². The van der Waals surface area contributed by atoms with Crippen molar-refractivity contribution in [2.45, 2.75) is 96.9 Å². The molecule has 7 aromatic rings. The second kappa shape index (κ2) is 19.4. The van der Waals surface area contributed by atoms with E-state index in [1.807, 2.05) is 86.6 Å². The molecule has 0 radical (unpaired) electrons. The molecule has 2 saturated carbocycles. The average molecular weight is 973 g/mol. The molecule has 17 heteroatoms. The standard InChI is InChI=1S/C29H34N6O3.C21H24BrN5O2/c1-18-14-20(6-11-23(18)28(37)33-22-9-10-22)25-16-30-27-24(31-17-29(2,3)38)15-26(34-35(25)27)32-21-7-4-19(5-8-21)12-13-36;1-12-8-13(4-7-15(12)20(28)25-14-5-6-14)17-10-23-19-16(24-11-21(2,3)29)9-18(22)26-27(17)19/h4-8,11,14-16,22,31,36,38H,9-10,12-13,17H2,1-3H3,(H,32,34)(H,33,37);4,7-10,14,24,29H,5-6,11H2,1-3H3,(H,25,28). The second-order valence-electron chi connectivity index (χ2n) is 18.8. The maximum Gasteiger partial charge on any atom is 0.251 e. The van der Waals surface area contributed by atoms with Gasteiger partial charge in [0.1, 0.15) is 4.60 Å². The van der Waals surface area contributed by atoms with E-state index in [1.165, 1.54) is 0 Å². The molecule has 2 amide bonds. The molecule has 16 nitrogen and oxygen atoms in total. The minimum atomic E-state index is -0.917. The van der Waals surface area contributed by atoms with Crippen LogP contribution in [0.25, 0.3) is 33.8 Å². The van der Waals surface area contributed by atoms with E-state index in [9.17, 15) is 24.9 Å². The number of rotatable bonds is 16. The maximum atomic E-state index is 12.6. The summed E-state index contributed by atoms with van der Waals surface area (Å²) in [4.78, 5) is 34.2. The van der Waals surface area contributed by atoms with Gasteiger partial charge in [0.25, 0.3) is 11.8 Å². The molecular weight excluding hydrogens is 915 g/mol. The van der Waals surface area contributed by atoms with Crippen molar-refractivity contribution in [2.75, 3.05) is 35.6 Å². The smallest absolute Gasteiger partial charge is 0.251 e. The van der Waals surface area contributed by atoms with Gasteiger partial charge >= 0.3 is 0 Å². The first-order chi connectivity index (χ1) is 31.9. The van der Waals surface area contributed by atoms with Crippen LogP contribution in [0.2, 0.25) is 0 Å². The van der Waals surface area contributed by atoms with Crippen LogP contribution in [0.3, 0.4) is 0 Å². The summed E-state index contributed by atoms with van der Waals surface area (Å²) in [5.74, 6) is 0.540. The van der Waals surface area contributed by atoms with Crippen molar-refractivity contribution in [1.29, 1.82) is 0 Å². The molecule has 3 aromatic carbocycles. The van der Waals surface area contributed by atoms with Crippen LogP contribution < -0.4 is 26.6 Å². The lowest BCUT2D eigenvalue weighted by Crippen LogP contribution is -2.29. The lowest BCUT2D eigenvalue weighted by molar-refractivity contribution is 0.0939. The first-order valence-electron chi connectivity index (χ1n) is 22.6. The molecule has 350 valence electrons. The molecule has 2 aliphatic rings. The third-order valence-corrected chi connectivity index (χ3v) is 11.7. The van der Waals surface area contributed by atoms with Crippen molar-refractivity contribution in [2.24, 2.45) is 0 Å². The number of amides is 2. The minimum absolute atomic E-state index is 0.0198. The fourth-order valence-corrected chi connectivity index (χ4v) is 7.80. The normalized spacial score (nSPS) is 13.8. The number of halogens is 1. The van der Waals surface area contributed by atoms with E-state index in [1.54, 1.807) is 49.1 Å². The van der Waals surface area contributed by atoms with Gasteiger partial charge in [-0.3, -0.25) is 9.59 Å². The van der Waals surface area contributed by atoms with Crippen LogP contribution in [0.4, 0.5) is 22.9 Å². The first kappa shape index (κ1) is 47.1. The number of carbonyl (C=O) groups excluding carboxylic acids is 2. The van der Waals surface area contributed by atoms with E-state index in [-0.39, 0.29) is 18.4 Å². The first-order valence-corrected chi connectivity index (χ1v) is 23.4. The molecule has 2 aliphatic carbocycles. The predicted molar refractivity (Wildman–Crippen MR) is 265 cm³/mol. The van der Waals surface area contributed by atoms with Gasteiger partial charge in [-0.25, -0.2) is 19.0 Å². The van der Waals surface area contributed by atoms with Crippen LogP contribution in [0.15, 0.2) is 89.8 Å². The van der Waals surface area contributed by atoms with E-state index in [4.69, 9.17) is 5.10 Å². The Morgan fingerprint density at radius 2 is 1.16 bits per heavy atom. The third kappa shape index (κ3) is 12.0. The van der Waals surface area contributed by atoms with Crippen molar-refractivity contribution in [3.05, 3.63) is 118 Å². The summed E-state index contributed by atoms with van der Waals surface area (Å²) >= 11 is 3.45. The summed E-state index contributed by atoms with van der Waals surface area (Å²) in [6.45, 7) is 11.7. The van der Waals surface area contributed by atoms with Crippen LogP contribution in [-0.4, -0.2) is 99.3 Å². The molecule has 8 N–H and O–H groups in total. The summed E-state index contributed by atoms with van der Waals surface area (Å²) in [6, 6.07) is 23.7. The number of carbonyl (C=O) groups is 2. The Morgan fingerprint density at radius 1 is 0.687 bits per heavy atom. The molecule has 0 saturated heterocycles. The molecular formula is C50H58BrN11O5. The number of fused-ring (bicyclic) bond motifs is 2. The molecule has 0 aliphatic heterocycles. The number of anilines is 4. The Balaban J connectivity index is 0.000000188. The molecule has 4 aromatic heterocycles. The van der Waals surface area contributed by atoms with Crippen LogP contribution in [-0.2, 0) is 6.42 Å². The number of nitrogens with zero attached hydrogens (tertiary/aromatic N) is 6. The number of nitrogens with one attached hydrogen (secondary N) is 5. The predicted octanol–water partition coefficient (Wildman–Crippen LogP) is 7.60. The summed E-state index contributed by atoms with van der Waals surface area (Å²) < 4.78 is 4.18. The van der Waals surface area contributed by atoms with E-state index in [2.05, 4.69) is 57.6 Å². The summed E-state index contributed by atoms with van der Waals surface area (Å²) in [5, 5.41) is 54.8. The lowest BCUT2D eigenvalue weighted by Gasteiger charge is -2.19. The Labute approximate surface area is 397 Å². The summed E-state index contributed by atoms with van der Waals surface area (Å²) in [7, 11) is 0. The van der Waals surface area contributed by atoms with E-state index in [0.29, 0.717) is 64.4 Å². The highest BCUT2D eigenvalue weighted by Gasteiger charge is 2.26. The van der Waals surface area contributed by atoms with Gasteiger partial charge in [-0.2, -0.15) is 5.10 Å². The summed E-state index contributed by atoms with van der Waals surface area (Å²) in [6.07, 6.45) is 8.36. The number of hydrogen-bond acceptors (Lipinski definition) is 12. The van der Waals surface area contributed by atoms with Gasteiger partial charge in [0, 0.05) is 65.8 Å². The molecule has 9 rings (SSSR count). The van der Waals surface area contributed by atoms with Crippen molar-refractivity contribution in [3.63, 3.8) is 0 Å². The third-order valence-electron chi connectivity index (χ3n) is 11.3. The monoisotopic (exact) mass is 971 g/mol. The van der Waals surface area contributed by atoms with Crippen molar-refractivity contribution >= 4 is 61.9 Å². The number of benzene rings is 3. The van der Waals surface area contributed by atoms with Crippen LogP contribution >= 0.6 is 15.9 Å². The minimum Gasteiger partial charge on any atom is -0.396 e. The van der Waals surface area contributed by atoms with E-state index in [0.717, 1.165) is 82.0 Å².